The first-order chi connectivity index (χ1) is 8.15. The Bertz CT molecular complexity index is 344. The monoisotopic (exact) mass is 253 g/mol. The largest absolute Gasteiger partial charge is 0.352 e. The molecule has 0 aliphatic heterocycles. The van der Waals surface area contributed by atoms with Crippen molar-refractivity contribution in [3.8, 4) is 0 Å². The first-order valence-electron chi connectivity index (χ1n) is 6.06. The molecule has 3 heteroatoms. The predicted molar refractivity (Wildman–Crippen MR) is 72.4 cm³/mol. The van der Waals surface area contributed by atoms with Crippen LogP contribution in [-0.4, -0.2) is 17.8 Å². The van der Waals surface area contributed by atoms with E-state index in [0.29, 0.717) is 12.3 Å². The number of benzene rings is 1. The van der Waals surface area contributed by atoms with Crippen molar-refractivity contribution in [1.82, 2.24) is 5.32 Å². The number of nitrogens with one attached hydrogen (secondary N) is 1. The molecule has 1 aromatic carbocycles. The van der Waals surface area contributed by atoms with E-state index in [4.69, 9.17) is 11.6 Å². The molecule has 0 aliphatic rings. The van der Waals surface area contributed by atoms with Gasteiger partial charge in [0.25, 0.3) is 0 Å². The van der Waals surface area contributed by atoms with Crippen LogP contribution in [0.2, 0.25) is 0 Å². The minimum atomic E-state index is 0.0816. The topological polar surface area (TPSA) is 29.1 Å². The average molecular weight is 254 g/mol. The van der Waals surface area contributed by atoms with E-state index >= 15 is 0 Å². The van der Waals surface area contributed by atoms with Crippen LogP contribution >= 0.6 is 11.6 Å². The molecule has 1 unspecified atom stereocenters. The van der Waals surface area contributed by atoms with Crippen molar-refractivity contribution in [2.24, 2.45) is 0 Å². The van der Waals surface area contributed by atoms with Gasteiger partial charge in [-0.05, 0) is 25.3 Å². The van der Waals surface area contributed by atoms with E-state index in [1.807, 2.05) is 6.92 Å². The Hall–Kier alpha value is -1.02. The highest BCUT2D eigenvalue weighted by Gasteiger charge is 2.08. The fourth-order valence-electron chi connectivity index (χ4n) is 1.56. The first-order valence-corrected chi connectivity index (χ1v) is 6.60. The van der Waals surface area contributed by atoms with Gasteiger partial charge in [-0.15, -0.1) is 11.6 Å². The number of hydrogen-bond donors (Lipinski definition) is 1. The summed E-state index contributed by atoms with van der Waals surface area (Å²) in [6.07, 6.45) is 2.18. The first kappa shape index (κ1) is 14.0. The maximum Gasteiger partial charge on any atom is 0.220 e. The lowest BCUT2D eigenvalue weighted by Gasteiger charge is -2.13. The van der Waals surface area contributed by atoms with Gasteiger partial charge in [-0.1, -0.05) is 36.8 Å². The van der Waals surface area contributed by atoms with Crippen molar-refractivity contribution in [3.63, 3.8) is 0 Å². The zero-order valence-electron chi connectivity index (χ0n) is 10.5. The highest BCUT2D eigenvalue weighted by molar-refractivity contribution is 6.18. The molecular weight excluding hydrogens is 234 g/mol. The van der Waals surface area contributed by atoms with Crippen molar-refractivity contribution < 1.29 is 4.79 Å². The number of carbonyl (C=O) groups is 1. The number of amides is 1. The molecular formula is C14H20ClNO. The summed E-state index contributed by atoms with van der Waals surface area (Å²) in [5.74, 6) is 0.560. The molecule has 0 radical (unpaired) electrons. The minimum absolute atomic E-state index is 0.0816. The van der Waals surface area contributed by atoms with Crippen LogP contribution in [0, 0.1) is 6.92 Å². The van der Waals surface area contributed by atoms with E-state index in [-0.39, 0.29) is 11.9 Å². The number of aryl methyl sites for hydroxylation is 2. The molecule has 1 atom stereocenters. The Labute approximate surface area is 108 Å². The van der Waals surface area contributed by atoms with Gasteiger partial charge in [-0.25, -0.2) is 0 Å². The molecule has 0 bridgehead atoms. The second-order valence-corrected chi connectivity index (χ2v) is 4.62. The van der Waals surface area contributed by atoms with E-state index < -0.39 is 0 Å². The van der Waals surface area contributed by atoms with Crippen LogP contribution < -0.4 is 5.32 Å². The van der Waals surface area contributed by atoms with E-state index in [1.54, 1.807) is 0 Å². The van der Waals surface area contributed by atoms with Crippen LogP contribution in [0.5, 0.6) is 0 Å². The molecule has 17 heavy (non-hydrogen) atoms. The molecule has 0 aliphatic carbocycles. The maximum absolute atomic E-state index is 11.6. The second-order valence-electron chi connectivity index (χ2n) is 4.31. The lowest BCUT2D eigenvalue weighted by atomic mass is 10.1. The molecule has 0 aromatic heterocycles. The molecule has 1 rings (SSSR count). The van der Waals surface area contributed by atoms with E-state index in [0.717, 1.165) is 12.8 Å². The standard InChI is InChI=1S/C14H20ClNO/c1-3-13(10-15)16-14(17)9-8-12-6-4-11(2)5-7-12/h4-7,13H,3,8-10H2,1-2H3,(H,16,17). The summed E-state index contributed by atoms with van der Waals surface area (Å²) in [5.41, 5.74) is 2.44. The average Bonchev–Trinajstić information content (AvgIpc) is 2.35. The van der Waals surface area contributed by atoms with Gasteiger partial charge in [0.05, 0.1) is 0 Å². The summed E-state index contributed by atoms with van der Waals surface area (Å²) in [6.45, 7) is 4.08. The fraction of sp³-hybridized carbons (Fsp3) is 0.500. The van der Waals surface area contributed by atoms with Crippen LogP contribution in [0.25, 0.3) is 0 Å². The van der Waals surface area contributed by atoms with Crippen molar-refractivity contribution in [1.29, 1.82) is 0 Å². The molecule has 1 aromatic rings. The number of rotatable bonds is 6. The van der Waals surface area contributed by atoms with Crippen LogP contribution in [0.3, 0.4) is 0 Å². The summed E-state index contributed by atoms with van der Waals surface area (Å²) in [4.78, 5) is 11.6. The van der Waals surface area contributed by atoms with Gasteiger partial charge in [0.2, 0.25) is 5.91 Å². The molecule has 0 heterocycles. The molecule has 0 fully saturated rings. The highest BCUT2D eigenvalue weighted by Crippen LogP contribution is 2.06. The van der Waals surface area contributed by atoms with Crippen molar-refractivity contribution in [2.45, 2.75) is 39.2 Å². The quantitative estimate of drug-likeness (QED) is 0.776. The number of carbonyl (C=O) groups excluding carboxylic acids is 1. The zero-order chi connectivity index (χ0) is 12.7. The number of halogens is 1. The van der Waals surface area contributed by atoms with Crippen LogP contribution in [0.1, 0.15) is 30.9 Å². The summed E-state index contributed by atoms with van der Waals surface area (Å²) in [5, 5.41) is 2.93. The van der Waals surface area contributed by atoms with Crippen LogP contribution in [0.4, 0.5) is 0 Å². The minimum Gasteiger partial charge on any atom is -0.352 e. The van der Waals surface area contributed by atoms with E-state index in [9.17, 15) is 4.79 Å². The van der Waals surface area contributed by atoms with Gasteiger partial charge in [0, 0.05) is 18.3 Å². The van der Waals surface area contributed by atoms with E-state index in [1.165, 1.54) is 11.1 Å². The lowest BCUT2D eigenvalue weighted by Crippen LogP contribution is -2.35. The number of hydrogen-bond acceptors (Lipinski definition) is 1. The molecule has 0 spiro atoms. The lowest BCUT2D eigenvalue weighted by molar-refractivity contribution is -0.121. The summed E-state index contributed by atoms with van der Waals surface area (Å²) in [6, 6.07) is 8.38. The van der Waals surface area contributed by atoms with Crippen molar-refractivity contribution >= 4 is 17.5 Å². The Morgan fingerprint density at radius 3 is 2.53 bits per heavy atom. The molecule has 0 saturated carbocycles. The van der Waals surface area contributed by atoms with Gasteiger partial charge in [-0.2, -0.15) is 0 Å². The van der Waals surface area contributed by atoms with Gasteiger partial charge >= 0.3 is 0 Å². The zero-order valence-corrected chi connectivity index (χ0v) is 11.3. The third-order valence-corrected chi connectivity index (χ3v) is 3.18. The Morgan fingerprint density at radius 2 is 2.00 bits per heavy atom. The van der Waals surface area contributed by atoms with E-state index in [2.05, 4.69) is 36.5 Å². The molecule has 1 amide bonds. The maximum atomic E-state index is 11.6. The molecule has 94 valence electrons. The summed E-state index contributed by atoms with van der Waals surface area (Å²) in [7, 11) is 0. The third kappa shape index (κ3) is 5.22. The second kappa shape index (κ2) is 7.33. The van der Waals surface area contributed by atoms with Gasteiger partial charge in [-0.3, -0.25) is 4.79 Å². The summed E-state index contributed by atoms with van der Waals surface area (Å²) >= 11 is 5.73. The van der Waals surface area contributed by atoms with Crippen molar-refractivity contribution in [3.05, 3.63) is 35.4 Å². The smallest absolute Gasteiger partial charge is 0.220 e. The fourth-order valence-corrected chi connectivity index (χ4v) is 1.86. The Balaban J connectivity index is 2.35. The van der Waals surface area contributed by atoms with Gasteiger partial charge in [0.1, 0.15) is 0 Å². The molecule has 1 N–H and O–H groups in total. The van der Waals surface area contributed by atoms with Crippen molar-refractivity contribution in [2.75, 3.05) is 5.88 Å². The highest BCUT2D eigenvalue weighted by atomic mass is 35.5. The van der Waals surface area contributed by atoms with Gasteiger partial charge in [0.15, 0.2) is 0 Å². The summed E-state index contributed by atoms with van der Waals surface area (Å²) < 4.78 is 0. The Morgan fingerprint density at radius 1 is 1.35 bits per heavy atom. The number of alkyl halides is 1. The van der Waals surface area contributed by atoms with Crippen LogP contribution in [-0.2, 0) is 11.2 Å². The Kier molecular flexibility index (Phi) is 6.06. The predicted octanol–water partition coefficient (Wildman–Crippen LogP) is 3.06. The third-order valence-electron chi connectivity index (χ3n) is 2.81. The molecule has 2 nitrogen and oxygen atoms in total. The van der Waals surface area contributed by atoms with Crippen LogP contribution in [0.15, 0.2) is 24.3 Å². The normalized spacial score (nSPS) is 12.2. The molecule has 0 saturated heterocycles. The van der Waals surface area contributed by atoms with Gasteiger partial charge < -0.3 is 5.32 Å². The SMILES string of the molecule is CCC(CCl)NC(=O)CCc1ccc(C)cc1.